The molecular formula is C34H26S2. The largest absolute Gasteiger partial charge is 0.135 e. The van der Waals surface area contributed by atoms with Crippen LogP contribution < -0.4 is 0 Å². The lowest BCUT2D eigenvalue weighted by molar-refractivity contribution is 0.877. The molecule has 6 aromatic carbocycles. The predicted octanol–water partition coefficient (Wildman–Crippen LogP) is 11.6. The first-order valence-corrected chi connectivity index (χ1v) is 14.6. The second kappa shape index (κ2) is 7.18. The van der Waals surface area contributed by atoms with Gasteiger partial charge in [-0.05, 0) is 102 Å². The van der Waals surface area contributed by atoms with Crippen LogP contribution in [0, 0.1) is 0 Å². The van der Waals surface area contributed by atoms with Crippen LogP contribution in [0.25, 0.3) is 72.7 Å². The highest BCUT2D eigenvalue weighted by atomic mass is 32.1. The van der Waals surface area contributed by atoms with Crippen LogP contribution in [0.3, 0.4) is 0 Å². The van der Waals surface area contributed by atoms with Crippen LogP contribution in [0.4, 0.5) is 0 Å². The molecule has 36 heavy (non-hydrogen) atoms. The van der Waals surface area contributed by atoms with Gasteiger partial charge in [-0.25, -0.2) is 0 Å². The summed E-state index contributed by atoms with van der Waals surface area (Å²) in [6.07, 6.45) is 0. The molecule has 0 radical (unpaired) electrons. The van der Waals surface area contributed by atoms with Gasteiger partial charge >= 0.3 is 0 Å². The van der Waals surface area contributed by atoms with Crippen LogP contribution in [-0.4, -0.2) is 0 Å². The Balaban J connectivity index is 1.79. The molecule has 2 aromatic heterocycles. The standard InChI is InChI=1S/C34H26S2/c1-17(2)21-13-23-19-9-5-7-11-27(19)36-30-16-26-22(18(3)4)14-24-20-10-6-8-12-28(20)35-29-15-25(21)33(31(23)30)34(26)32(24)29/h5-18H,1-4H3. The van der Waals surface area contributed by atoms with E-state index in [1.165, 1.54) is 83.8 Å². The van der Waals surface area contributed by atoms with Crippen molar-refractivity contribution in [3.63, 3.8) is 0 Å². The Hall–Kier alpha value is -3.20. The Kier molecular flexibility index (Phi) is 4.18. The second-order valence-electron chi connectivity index (χ2n) is 10.9. The molecule has 0 aliphatic rings. The number of rotatable bonds is 2. The van der Waals surface area contributed by atoms with Gasteiger partial charge in [-0.15, -0.1) is 22.7 Å². The third-order valence-corrected chi connectivity index (χ3v) is 10.4. The Bertz CT molecular complexity index is 1990. The molecule has 2 heteroatoms. The Morgan fingerprint density at radius 1 is 0.417 bits per heavy atom. The average Bonchev–Trinajstić information content (AvgIpc) is 2.88. The molecular weight excluding hydrogens is 473 g/mol. The van der Waals surface area contributed by atoms with Crippen LogP contribution >= 0.6 is 22.7 Å². The number of fused-ring (bicyclic) bond motifs is 4. The maximum atomic E-state index is 2.52. The van der Waals surface area contributed by atoms with E-state index in [0.29, 0.717) is 11.8 Å². The number of hydrogen-bond donors (Lipinski definition) is 0. The van der Waals surface area contributed by atoms with Crippen molar-refractivity contribution in [1.82, 2.24) is 0 Å². The summed E-state index contributed by atoms with van der Waals surface area (Å²) in [6.45, 7) is 9.40. The van der Waals surface area contributed by atoms with E-state index in [1.54, 1.807) is 0 Å². The minimum atomic E-state index is 0.452. The highest BCUT2D eigenvalue weighted by Gasteiger charge is 2.23. The van der Waals surface area contributed by atoms with E-state index in [-0.39, 0.29) is 0 Å². The van der Waals surface area contributed by atoms with Gasteiger partial charge in [0.1, 0.15) is 0 Å². The minimum absolute atomic E-state index is 0.452. The fourth-order valence-corrected chi connectivity index (χ4v) is 8.85. The molecule has 8 aromatic rings. The maximum Gasteiger partial charge on any atom is 0.0367 e. The zero-order valence-electron chi connectivity index (χ0n) is 20.9. The first-order valence-electron chi connectivity index (χ1n) is 12.9. The monoisotopic (exact) mass is 498 g/mol. The van der Waals surface area contributed by atoms with E-state index in [9.17, 15) is 0 Å². The molecule has 0 spiro atoms. The zero-order valence-corrected chi connectivity index (χ0v) is 22.5. The molecule has 0 nitrogen and oxygen atoms in total. The first-order chi connectivity index (χ1) is 17.5. The summed E-state index contributed by atoms with van der Waals surface area (Å²) in [6, 6.07) is 28.0. The quantitative estimate of drug-likeness (QED) is 0.164. The summed E-state index contributed by atoms with van der Waals surface area (Å²) >= 11 is 3.90. The number of hydrogen-bond acceptors (Lipinski definition) is 2. The summed E-state index contributed by atoms with van der Waals surface area (Å²) < 4.78 is 5.56. The Morgan fingerprint density at radius 2 is 0.833 bits per heavy atom. The van der Waals surface area contributed by atoms with E-state index in [2.05, 4.69) is 100 Å². The van der Waals surface area contributed by atoms with E-state index >= 15 is 0 Å². The van der Waals surface area contributed by atoms with Crippen molar-refractivity contribution in [2.24, 2.45) is 0 Å². The van der Waals surface area contributed by atoms with Gasteiger partial charge in [0.25, 0.3) is 0 Å². The van der Waals surface area contributed by atoms with Crippen molar-refractivity contribution in [2.45, 2.75) is 39.5 Å². The lowest BCUT2D eigenvalue weighted by Gasteiger charge is -2.23. The molecule has 0 unspecified atom stereocenters. The van der Waals surface area contributed by atoms with E-state index < -0.39 is 0 Å². The smallest absolute Gasteiger partial charge is 0.0367 e. The van der Waals surface area contributed by atoms with Gasteiger partial charge in [0.05, 0.1) is 0 Å². The van der Waals surface area contributed by atoms with Gasteiger partial charge in [-0.1, -0.05) is 64.1 Å². The first kappa shape index (κ1) is 20.9. The molecule has 0 bridgehead atoms. The zero-order chi connectivity index (χ0) is 24.3. The lowest BCUT2D eigenvalue weighted by Crippen LogP contribution is -1.98. The third kappa shape index (κ3) is 2.59. The molecule has 0 aliphatic heterocycles. The molecule has 0 N–H and O–H groups in total. The second-order valence-corrected chi connectivity index (χ2v) is 13.0. The average molecular weight is 499 g/mol. The molecule has 0 saturated heterocycles. The molecule has 0 atom stereocenters. The lowest BCUT2D eigenvalue weighted by atomic mass is 9.83. The summed E-state index contributed by atoms with van der Waals surface area (Å²) in [5, 5.41) is 14.3. The SMILES string of the molecule is CC(C)c1cc2c3ccccc3sc3cc4c(C(C)C)cc5c6ccccc6sc6cc1c(c32)c4c65. The summed E-state index contributed by atoms with van der Waals surface area (Å²) in [5.41, 5.74) is 2.93. The molecule has 0 fully saturated rings. The molecule has 0 amide bonds. The molecule has 2 heterocycles. The van der Waals surface area contributed by atoms with Gasteiger partial charge in [0, 0.05) is 29.6 Å². The van der Waals surface area contributed by atoms with Crippen LogP contribution in [0.1, 0.15) is 50.7 Å². The van der Waals surface area contributed by atoms with Gasteiger partial charge in [0.2, 0.25) is 0 Å². The Morgan fingerprint density at radius 3 is 1.25 bits per heavy atom. The minimum Gasteiger partial charge on any atom is -0.135 e. The maximum absolute atomic E-state index is 2.52. The summed E-state index contributed by atoms with van der Waals surface area (Å²) in [5.74, 6) is 0.904. The fraction of sp³-hybridized carbons (Fsp3) is 0.176. The predicted molar refractivity (Wildman–Crippen MR) is 164 cm³/mol. The van der Waals surface area contributed by atoms with Crippen molar-refractivity contribution >= 4 is 95.3 Å². The Labute approximate surface area is 218 Å². The summed E-state index contributed by atoms with van der Waals surface area (Å²) in [4.78, 5) is 0. The summed E-state index contributed by atoms with van der Waals surface area (Å²) in [7, 11) is 0. The van der Waals surface area contributed by atoms with Crippen molar-refractivity contribution in [1.29, 1.82) is 0 Å². The van der Waals surface area contributed by atoms with Crippen molar-refractivity contribution < 1.29 is 0 Å². The van der Waals surface area contributed by atoms with E-state index in [1.807, 2.05) is 22.7 Å². The highest BCUT2D eigenvalue weighted by Crippen LogP contribution is 2.51. The normalized spacial score (nSPS) is 12.9. The fourth-order valence-electron chi connectivity index (χ4n) is 6.52. The van der Waals surface area contributed by atoms with Crippen molar-refractivity contribution in [2.75, 3.05) is 0 Å². The van der Waals surface area contributed by atoms with Crippen LogP contribution in [0.2, 0.25) is 0 Å². The van der Waals surface area contributed by atoms with E-state index in [0.717, 1.165) is 0 Å². The van der Waals surface area contributed by atoms with Gasteiger partial charge < -0.3 is 0 Å². The van der Waals surface area contributed by atoms with Crippen molar-refractivity contribution in [3.05, 3.63) is 83.9 Å². The van der Waals surface area contributed by atoms with Gasteiger partial charge in [-0.3, -0.25) is 0 Å². The molecule has 174 valence electrons. The molecule has 0 aliphatic carbocycles. The topological polar surface area (TPSA) is 0 Å². The third-order valence-electron chi connectivity index (χ3n) is 8.13. The van der Waals surface area contributed by atoms with Crippen molar-refractivity contribution in [3.8, 4) is 0 Å². The van der Waals surface area contributed by atoms with Gasteiger partial charge in [-0.2, -0.15) is 0 Å². The number of benzene rings is 6. The molecule has 8 rings (SSSR count). The molecule has 0 saturated carbocycles. The van der Waals surface area contributed by atoms with Gasteiger partial charge in [0.15, 0.2) is 0 Å². The van der Waals surface area contributed by atoms with Crippen LogP contribution in [-0.2, 0) is 0 Å². The van der Waals surface area contributed by atoms with Crippen LogP contribution in [0.5, 0.6) is 0 Å². The highest BCUT2D eigenvalue weighted by molar-refractivity contribution is 7.25. The van der Waals surface area contributed by atoms with Crippen LogP contribution in [0.15, 0.2) is 72.8 Å². The van der Waals surface area contributed by atoms with E-state index in [4.69, 9.17) is 0 Å².